The average Bonchev–Trinajstić information content (AvgIpc) is 3.40. The van der Waals surface area contributed by atoms with Gasteiger partial charge in [0.15, 0.2) is 6.61 Å². The Bertz CT molecular complexity index is 1020. The zero-order valence-corrected chi connectivity index (χ0v) is 15.7. The lowest BCUT2D eigenvalue weighted by atomic mass is 9.96. The summed E-state index contributed by atoms with van der Waals surface area (Å²) in [6.45, 7) is 2.79. The van der Waals surface area contributed by atoms with Crippen LogP contribution >= 0.6 is 0 Å². The van der Waals surface area contributed by atoms with E-state index in [1.807, 2.05) is 36.4 Å². The molecule has 0 saturated heterocycles. The van der Waals surface area contributed by atoms with Gasteiger partial charge in [0.25, 0.3) is 5.91 Å². The number of fused-ring (bicyclic) bond motifs is 1. The zero-order chi connectivity index (χ0) is 19.1. The van der Waals surface area contributed by atoms with Crippen LogP contribution in [0.25, 0.3) is 11.4 Å². The number of benzene rings is 2. The molecule has 0 N–H and O–H groups in total. The molecule has 6 nitrogen and oxygen atoms in total. The van der Waals surface area contributed by atoms with E-state index in [1.165, 1.54) is 5.56 Å². The fourth-order valence-corrected chi connectivity index (χ4v) is 3.85. The molecule has 142 valence electrons. The summed E-state index contributed by atoms with van der Waals surface area (Å²) in [6, 6.07) is 16.0. The minimum Gasteiger partial charge on any atom is -0.482 e. The fraction of sp³-hybridized carbons (Fsp3) is 0.318. The van der Waals surface area contributed by atoms with Gasteiger partial charge in [-0.1, -0.05) is 42.4 Å². The highest BCUT2D eigenvalue weighted by atomic mass is 16.5. The van der Waals surface area contributed by atoms with Gasteiger partial charge < -0.3 is 14.2 Å². The van der Waals surface area contributed by atoms with E-state index in [0.29, 0.717) is 24.0 Å². The summed E-state index contributed by atoms with van der Waals surface area (Å²) >= 11 is 0. The van der Waals surface area contributed by atoms with E-state index in [-0.39, 0.29) is 17.9 Å². The summed E-state index contributed by atoms with van der Waals surface area (Å²) in [5.74, 6) is 1.88. The lowest BCUT2D eigenvalue weighted by Crippen LogP contribution is -2.39. The molecule has 1 amide bonds. The minimum absolute atomic E-state index is 0.0266. The molecule has 2 aromatic carbocycles. The van der Waals surface area contributed by atoms with Gasteiger partial charge >= 0.3 is 0 Å². The monoisotopic (exact) mass is 375 g/mol. The van der Waals surface area contributed by atoms with Gasteiger partial charge in [-0.25, -0.2) is 0 Å². The zero-order valence-electron chi connectivity index (χ0n) is 15.7. The van der Waals surface area contributed by atoms with Crippen molar-refractivity contribution in [3.63, 3.8) is 0 Å². The predicted octanol–water partition coefficient (Wildman–Crippen LogP) is 3.95. The van der Waals surface area contributed by atoms with Crippen LogP contribution in [0.4, 0.5) is 5.69 Å². The highest BCUT2D eigenvalue weighted by molar-refractivity contribution is 5.98. The van der Waals surface area contributed by atoms with E-state index in [9.17, 15) is 4.79 Å². The number of carbonyl (C=O) groups is 1. The Morgan fingerprint density at radius 2 is 1.96 bits per heavy atom. The molecule has 5 rings (SSSR count). The van der Waals surface area contributed by atoms with Gasteiger partial charge in [0, 0.05) is 12.1 Å². The van der Waals surface area contributed by atoms with E-state index in [0.717, 1.165) is 30.5 Å². The summed E-state index contributed by atoms with van der Waals surface area (Å²) in [4.78, 5) is 18.7. The van der Waals surface area contributed by atoms with Gasteiger partial charge in [-0.3, -0.25) is 4.79 Å². The lowest BCUT2D eigenvalue weighted by Gasteiger charge is -2.29. The molecule has 2 aliphatic rings. The number of aromatic nitrogens is 2. The maximum absolute atomic E-state index is 12.2. The molecule has 0 radical (unpaired) electrons. The molecule has 0 bridgehead atoms. The van der Waals surface area contributed by atoms with Crippen LogP contribution in [0, 0.1) is 0 Å². The Hall–Kier alpha value is -3.15. The summed E-state index contributed by atoms with van der Waals surface area (Å²) in [5, 5.41) is 4.23. The fourth-order valence-electron chi connectivity index (χ4n) is 3.85. The van der Waals surface area contributed by atoms with Crippen molar-refractivity contribution in [1.82, 2.24) is 10.1 Å². The third-order valence-corrected chi connectivity index (χ3v) is 5.52. The molecule has 1 aromatic heterocycles. The van der Waals surface area contributed by atoms with Gasteiger partial charge in [0.1, 0.15) is 5.75 Å². The van der Waals surface area contributed by atoms with Crippen molar-refractivity contribution in [2.75, 3.05) is 18.1 Å². The van der Waals surface area contributed by atoms with Gasteiger partial charge in [0.05, 0.1) is 11.1 Å². The molecule has 28 heavy (non-hydrogen) atoms. The molecule has 1 aliphatic heterocycles. The highest BCUT2D eigenvalue weighted by Crippen LogP contribution is 2.53. The Balaban J connectivity index is 1.50. The quantitative estimate of drug-likeness (QED) is 0.675. The van der Waals surface area contributed by atoms with E-state index >= 15 is 0 Å². The third kappa shape index (κ3) is 2.68. The van der Waals surface area contributed by atoms with E-state index < -0.39 is 0 Å². The van der Waals surface area contributed by atoms with E-state index in [2.05, 4.69) is 24.2 Å². The summed E-state index contributed by atoms with van der Waals surface area (Å²) in [5.41, 5.74) is 2.64. The van der Waals surface area contributed by atoms with Crippen molar-refractivity contribution < 1.29 is 14.1 Å². The minimum atomic E-state index is -0.159. The summed E-state index contributed by atoms with van der Waals surface area (Å²) < 4.78 is 11.2. The maximum atomic E-state index is 12.2. The number of amides is 1. The van der Waals surface area contributed by atoms with Gasteiger partial charge in [-0.2, -0.15) is 4.98 Å². The Labute approximate surface area is 163 Å². The van der Waals surface area contributed by atoms with Crippen molar-refractivity contribution in [3.8, 4) is 17.1 Å². The Morgan fingerprint density at radius 1 is 1.14 bits per heavy atom. The van der Waals surface area contributed by atoms with Crippen molar-refractivity contribution in [3.05, 3.63) is 60.0 Å². The summed E-state index contributed by atoms with van der Waals surface area (Å²) in [7, 11) is 0. The molecule has 1 fully saturated rings. The second kappa shape index (κ2) is 6.48. The van der Waals surface area contributed by atoms with Crippen molar-refractivity contribution >= 4 is 11.6 Å². The molecule has 0 unspecified atom stereocenters. The summed E-state index contributed by atoms with van der Waals surface area (Å²) in [6.07, 6.45) is 2.90. The highest BCUT2D eigenvalue weighted by Gasteiger charge is 2.50. The molecule has 2 heterocycles. The van der Waals surface area contributed by atoms with Crippen LogP contribution in [0.2, 0.25) is 0 Å². The smallest absolute Gasteiger partial charge is 0.265 e. The standard InChI is InChI=1S/C22H21N3O3/c1-2-12-25-17-13-15(8-9-18(17)27-14-19(25)26)20-23-21(28-24-20)22(10-11-22)16-6-4-3-5-7-16/h3-9,13H,2,10-12,14H2,1H3. The molecule has 0 spiro atoms. The first-order valence-electron chi connectivity index (χ1n) is 9.68. The SMILES string of the molecule is CCCN1C(=O)COc2ccc(-c3noc(C4(c5ccccc5)CC4)n3)cc21. The number of anilines is 1. The van der Waals surface area contributed by atoms with Gasteiger partial charge in [-0.15, -0.1) is 0 Å². The second-order valence-electron chi connectivity index (χ2n) is 7.39. The normalized spacial score (nSPS) is 17.2. The van der Waals surface area contributed by atoms with Gasteiger partial charge in [0.2, 0.25) is 11.7 Å². The van der Waals surface area contributed by atoms with Crippen LogP contribution in [0.3, 0.4) is 0 Å². The van der Waals surface area contributed by atoms with Crippen LogP contribution in [0.1, 0.15) is 37.6 Å². The van der Waals surface area contributed by atoms with Crippen molar-refractivity contribution in [2.24, 2.45) is 0 Å². The first-order chi connectivity index (χ1) is 13.7. The third-order valence-electron chi connectivity index (χ3n) is 5.52. The van der Waals surface area contributed by atoms with Gasteiger partial charge in [-0.05, 0) is 43.0 Å². The van der Waals surface area contributed by atoms with Crippen molar-refractivity contribution in [2.45, 2.75) is 31.6 Å². The molecule has 6 heteroatoms. The molecular weight excluding hydrogens is 354 g/mol. The Morgan fingerprint density at radius 3 is 2.71 bits per heavy atom. The topological polar surface area (TPSA) is 68.5 Å². The molecular formula is C22H21N3O3. The number of rotatable bonds is 5. The van der Waals surface area contributed by atoms with Crippen LogP contribution in [-0.4, -0.2) is 29.2 Å². The van der Waals surface area contributed by atoms with Crippen molar-refractivity contribution in [1.29, 1.82) is 0 Å². The first-order valence-corrected chi connectivity index (χ1v) is 9.68. The van der Waals surface area contributed by atoms with E-state index in [4.69, 9.17) is 14.2 Å². The number of ether oxygens (including phenoxy) is 1. The molecule has 1 saturated carbocycles. The van der Waals surface area contributed by atoms with E-state index in [1.54, 1.807) is 4.90 Å². The Kier molecular flexibility index (Phi) is 3.93. The van der Waals surface area contributed by atoms with Crippen LogP contribution in [0.15, 0.2) is 53.1 Å². The van der Waals surface area contributed by atoms with Crippen LogP contribution in [-0.2, 0) is 10.2 Å². The second-order valence-corrected chi connectivity index (χ2v) is 7.39. The number of hydrogen-bond donors (Lipinski definition) is 0. The average molecular weight is 375 g/mol. The number of hydrogen-bond acceptors (Lipinski definition) is 5. The first kappa shape index (κ1) is 17.0. The largest absolute Gasteiger partial charge is 0.482 e. The van der Waals surface area contributed by atoms with Crippen LogP contribution < -0.4 is 9.64 Å². The molecule has 1 aliphatic carbocycles. The predicted molar refractivity (Wildman–Crippen MR) is 104 cm³/mol. The maximum Gasteiger partial charge on any atom is 0.265 e. The van der Waals surface area contributed by atoms with Crippen LogP contribution in [0.5, 0.6) is 5.75 Å². The molecule has 0 atom stereocenters. The lowest BCUT2D eigenvalue weighted by molar-refractivity contribution is -0.121. The number of nitrogens with zero attached hydrogens (tertiary/aromatic N) is 3. The number of carbonyl (C=O) groups excluding carboxylic acids is 1. The molecule has 3 aromatic rings.